The predicted molar refractivity (Wildman–Crippen MR) is 128 cm³/mol. The number of rotatable bonds is 9. The number of anilines is 1. The van der Waals surface area contributed by atoms with Crippen LogP contribution in [0.25, 0.3) is 0 Å². The number of nitrogens with zero attached hydrogens (tertiary/aromatic N) is 1. The normalized spacial score (nSPS) is 15.8. The second-order valence-corrected chi connectivity index (χ2v) is 8.94. The van der Waals surface area contributed by atoms with Gasteiger partial charge in [-0.3, -0.25) is 0 Å². The Bertz CT molecular complexity index is 996. The van der Waals surface area contributed by atoms with Crippen LogP contribution in [0.4, 0.5) is 10.2 Å². The number of halogens is 1. The van der Waals surface area contributed by atoms with Gasteiger partial charge >= 0.3 is 0 Å². The molecular weight excluding hydrogens is 401 g/mol. The zero-order valence-electron chi connectivity index (χ0n) is 18.9. The minimum atomic E-state index is -0.213. The monoisotopic (exact) mass is 433 g/mol. The lowest BCUT2D eigenvalue weighted by molar-refractivity contribution is 0.271. The standard InChI is InChI=1S/C27H32FN3O/c1-19(2)18-32-25-10-5-21(6-11-25)16-30-27-22(15-20-3-8-24(28)9-4-20)7-12-26(31-27)23-13-14-29-17-23/h3-12,19,23,29H,13-18H2,1-2H3,(H,30,31). The first kappa shape index (κ1) is 22.3. The summed E-state index contributed by atoms with van der Waals surface area (Å²) in [7, 11) is 0. The molecule has 0 bridgehead atoms. The molecule has 5 heteroatoms. The minimum Gasteiger partial charge on any atom is -0.493 e. The molecule has 2 heterocycles. The van der Waals surface area contributed by atoms with Crippen molar-refractivity contribution in [3.63, 3.8) is 0 Å². The molecule has 3 aromatic rings. The molecule has 4 rings (SSSR count). The smallest absolute Gasteiger partial charge is 0.130 e. The van der Waals surface area contributed by atoms with Crippen molar-refractivity contribution in [2.45, 2.75) is 39.2 Å². The van der Waals surface area contributed by atoms with Crippen LogP contribution in [0, 0.1) is 11.7 Å². The van der Waals surface area contributed by atoms with E-state index >= 15 is 0 Å². The van der Waals surface area contributed by atoms with E-state index in [1.54, 1.807) is 0 Å². The van der Waals surface area contributed by atoms with E-state index in [0.717, 1.165) is 54.5 Å². The molecule has 0 amide bonds. The number of ether oxygens (including phenoxy) is 1. The van der Waals surface area contributed by atoms with Gasteiger partial charge in [-0.2, -0.15) is 0 Å². The molecule has 1 saturated heterocycles. The Kier molecular flexibility index (Phi) is 7.38. The van der Waals surface area contributed by atoms with Crippen LogP contribution in [0.15, 0.2) is 60.7 Å². The van der Waals surface area contributed by atoms with Crippen molar-refractivity contribution in [1.29, 1.82) is 0 Å². The summed E-state index contributed by atoms with van der Waals surface area (Å²) in [6.07, 6.45) is 1.82. The van der Waals surface area contributed by atoms with E-state index < -0.39 is 0 Å². The summed E-state index contributed by atoms with van der Waals surface area (Å²) in [4.78, 5) is 5.00. The molecule has 1 fully saturated rings. The molecule has 0 aliphatic carbocycles. The lowest BCUT2D eigenvalue weighted by atomic mass is 10.0. The molecule has 2 N–H and O–H groups in total. The predicted octanol–water partition coefficient (Wildman–Crippen LogP) is 5.54. The van der Waals surface area contributed by atoms with Crippen molar-refractivity contribution < 1.29 is 9.13 Å². The zero-order valence-corrected chi connectivity index (χ0v) is 18.9. The molecule has 1 aromatic heterocycles. The summed E-state index contributed by atoms with van der Waals surface area (Å²) < 4.78 is 19.1. The van der Waals surface area contributed by atoms with Crippen molar-refractivity contribution in [1.82, 2.24) is 10.3 Å². The van der Waals surface area contributed by atoms with Crippen LogP contribution in [0.5, 0.6) is 5.75 Å². The Balaban J connectivity index is 1.49. The molecule has 1 aliphatic rings. The number of hydrogen-bond donors (Lipinski definition) is 2. The number of aromatic nitrogens is 1. The molecule has 2 aromatic carbocycles. The second kappa shape index (κ2) is 10.6. The van der Waals surface area contributed by atoms with Crippen molar-refractivity contribution in [3.05, 3.63) is 88.9 Å². The first-order valence-electron chi connectivity index (χ1n) is 11.5. The maximum atomic E-state index is 13.3. The Morgan fingerprint density at radius 3 is 2.47 bits per heavy atom. The number of pyridine rings is 1. The van der Waals surface area contributed by atoms with Gasteiger partial charge in [-0.15, -0.1) is 0 Å². The van der Waals surface area contributed by atoms with Crippen LogP contribution in [-0.4, -0.2) is 24.7 Å². The van der Waals surface area contributed by atoms with Crippen LogP contribution < -0.4 is 15.4 Å². The van der Waals surface area contributed by atoms with Crippen LogP contribution in [0.3, 0.4) is 0 Å². The summed E-state index contributed by atoms with van der Waals surface area (Å²) in [6, 6.07) is 19.2. The number of nitrogens with one attached hydrogen (secondary N) is 2. The fourth-order valence-electron chi connectivity index (χ4n) is 3.91. The fraction of sp³-hybridized carbons (Fsp3) is 0.370. The van der Waals surface area contributed by atoms with Crippen LogP contribution in [0.2, 0.25) is 0 Å². The van der Waals surface area contributed by atoms with E-state index in [-0.39, 0.29) is 5.82 Å². The van der Waals surface area contributed by atoms with Crippen LogP contribution >= 0.6 is 0 Å². The average molecular weight is 434 g/mol. The molecule has 1 aliphatic heterocycles. The van der Waals surface area contributed by atoms with Gasteiger partial charge in [-0.05, 0) is 65.9 Å². The number of hydrogen-bond acceptors (Lipinski definition) is 4. The van der Waals surface area contributed by atoms with E-state index in [1.807, 2.05) is 24.3 Å². The van der Waals surface area contributed by atoms with Crippen molar-refractivity contribution in [3.8, 4) is 5.75 Å². The van der Waals surface area contributed by atoms with E-state index in [9.17, 15) is 4.39 Å². The zero-order chi connectivity index (χ0) is 22.3. The van der Waals surface area contributed by atoms with Gasteiger partial charge in [-0.25, -0.2) is 9.37 Å². The summed E-state index contributed by atoms with van der Waals surface area (Å²) in [6.45, 7) is 7.70. The molecule has 1 atom stereocenters. The van der Waals surface area contributed by atoms with Gasteiger partial charge < -0.3 is 15.4 Å². The van der Waals surface area contributed by atoms with Gasteiger partial charge in [0, 0.05) is 31.1 Å². The summed E-state index contributed by atoms with van der Waals surface area (Å²) >= 11 is 0. The largest absolute Gasteiger partial charge is 0.493 e. The lowest BCUT2D eigenvalue weighted by Gasteiger charge is -2.16. The fourth-order valence-corrected chi connectivity index (χ4v) is 3.91. The van der Waals surface area contributed by atoms with E-state index in [4.69, 9.17) is 9.72 Å². The van der Waals surface area contributed by atoms with Gasteiger partial charge in [-0.1, -0.05) is 44.2 Å². The first-order chi connectivity index (χ1) is 15.6. The third kappa shape index (κ3) is 6.07. The SMILES string of the molecule is CC(C)COc1ccc(CNc2nc(C3CCNC3)ccc2Cc2ccc(F)cc2)cc1. The highest BCUT2D eigenvalue weighted by atomic mass is 19.1. The van der Waals surface area contributed by atoms with Gasteiger partial charge in [0.15, 0.2) is 0 Å². The summed E-state index contributed by atoms with van der Waals surface area (Å²) in [5, 5.41) is 6.97. The topological polar surface area (TPSA) is 46.2 Å². The maximum absolute atomic E-state index is 13.3. The Hall–Kier alpha value is -2.92. The third-order valence-corrected chi connectivity index (χ3v) is 5.75. The molecule has 4 nitrogen and oxygen atoms in total. The molecule has 1 unspecified atom stereocenters. The van der Waals surface area contributed by atoms with Crippen molar-refractivity contribution >= 4 is 5.82 Å². The van der Waals surface area contributed by atoms with E-state index in [1.165, 1.54) is 17.7 Å². The first-order valence-corrected chi connectivity index (χ1v) is 11.5. The highest BCUT2D eigenvalue weighted by Gasteiger charge is 2.19. The Labute approximate surface area is 190 Å². The highest BCUT2D eigenvalue weighted by molar-refractivity contribution is 5.48. The average Bonchev–Trinajstić information content (AvgIpc) is 3.34. The molecular formula is C27H32FN3O. The maximum Gasteiger partial charge on any atom is 0.130 e. The molecule has 168 valence electrons. The van der Waals surface area contributed by atoms with Crippen molar-refractivity contribution in [2.75, 3.05) is 25.0 Å². The molecule has 0 radical (unpaired) electrons. The highest BCUT2D eigenvalue weighted by Crippen LogP contribution is 2.26. The molecule has 0 saturated carbocycles. The summed E-state index contributed by atoms with van der Waals surface area (Å²) in [5.41, 5.74) is 4.48. The second-order valence-electron chi connectivity index (χ2n) is 8.94. The van der Waals surface area contributed by atoms with Gasteiger partial charge in [0.05, 0.1) is 6.61 Å². The Morgan fingerprint density at radius 2 is 1.78 bits per heavy atom. The third-order valence-electron chi connectivity index (χ3n) is 5.75. The van der Waals surface area contributed by atoms with Gasteiger partial charge in [0.1, 0.15) is 17.4 Å². The van der Waals surface area contributed by atoms with Gasteiger partial charge in [0.25, 0.3) is 0 Å². The van der Waals surface area contributed by atoms with E-state index in [0.29, 0.717) is 24.8 Å². The minimum absolute atomic E-state index is 0.213. The number of benzene rings is 2. The van der Waals surface area contributed by atoms with Crippen LogP contribution in [0.1, 0.15) is 48.6 Å². The quantitative estimate of drug-likeness (QED) is 0.465. The van der Waals surface area contributed by atoms with E-state index in [2.05, 4.69) is 48.7 Å². The van der Waals surface area contributed by atoms with Crippen LogP contribution in [-0.2, 0) is 13.0 Å². The molecule has 0 spiro atoms. The Morgan fingerprint density at radius 1 is 1.03 bits per heavy atom. The lowest BCUT2D eigenvalue weighted by Crippen LogP contribution is -2.11. The summed E-state index contributed by atoms with van der Waals surface area (Å²) in [5.74, 6) is 2.54. The van der Waals surface area contributed by atoms with Gasteiger partial charge in [0.2, 0.25) is 0 Å². The molecule has 32 heavy (non-hydrogen) atoms. The van der Waals surface area contributed by atoms with Crippen molar-refractivity contribution in [2.24, 2.45) is 5.92 Å².